The van der Waals surface area contributed by atoms with E-state index >= 15 is 0 Å². The maximum absolute atomic E-state index is 13.6. The highest BCUT2D eigenvalue weighted by molar-refractivity contribution is 5.94. The first-order valence-corrected chi connectivity index (χ1v) is 9.17. The SMILES string of the molecule is N[C@@H]1CCCC[C@H]1NC(=O)c1nn(-c2ccc(F)c(F)c2)c2c1CCC2. The van der Waals surface area contributed by atoms with Crippen molar-refractivity contribution in [2.45, 2.75) is 57.0 Å². The Morgan fingerprint density at radius 1 is 1.15 bits per heavy atom. The summed E-state index contributed by atoms with van der Waals surface area (Å²) in [6.45, 7) is 0. The topological polar surface area (TPSA) is 72.9 Å². The van der Waals surface area contributed by atoms with E-state index in [0.717, 1.165) is 68.3 Å². The number of nitrogens with two attached hydrogens (primary N) is 1. The third kappa shape index (κ3) is 3.00. The fourth-order valence-electron chi connectivity index (χ4n) is 4.03. The first-order chi connectivity index (χ1) is 12.5. The average molecular weight is 360 g/mol. The van der Waals surface area contributed by atoms with Crippen molar-refractivity contribution in [3.05, 3.63) is 46.8 Å². The second-order valence-electron chi connectivity index (χ2n) is 7.17. The van der Waals surface area contributed by atoms with Crippen LogP contribution in [0.1, 0.15) is 53.8 Å². The zero-order valence-corrected chi connectivity index (χ0v) is 14.5. The molecule has 4 rings (SSSR count). The highest BCUT2D eigenvalue weighted by Gasteiger charge is 2.30. The number of benzene rings is 1. The number of aromatic nitrogens is 2. The molecule has 1 aromatic carbocycles. The molecule has 1 heterocycles. The Balaban J connectivity index is 1.65. The number of nitrogens with one attached hydrogen (secondary N) is 1. The van der Waals surface area contributed by atoms with E-state index in [9.17, 15) is 13.6 Å². The van der Waals surface area contributed by atoms with E-state index in [0.29, 0.717) is 11.4 Å². The Kier molecular flexibility index (Phi) is 4.48. The third-order valence-corrected chi connectivity index (χ3v) is 5.43. The van der Waals surface area contributed by atoms with Gasteiger partial charge in [-0.3, -0.25) is 4.79 Å². The van der Waals surface area contributed by atoms with E-state index < -0.39 is 11.6 Å². The Hall–Kier alpha value is -2.28. The maximum Gasteiger partial charge on any atom is 0.272 e. The van der Waals surface area contributed by atoms with Gasteiger partial charge in [0.05, 0.1) is 5.69 Å². The molecule has 1 amide bonds. The summed E-state index contributed by atoms with van der Waals surface area (Å²) in [4.78, 5) is 12.8. The number of hydrogen-bond donors (Lipinski definition) is 2. The number of halogens is 2. The van der Waals surface area contributed by atoms with Crippen molar-refractivity contribution >= 4 is 5.91 Å². The van der Waals surface area contributed by atoms with Crippen molar-refractivity contribution in [2.75, 3.05) is 0 Å². The molecule has 0 radical (unpaired) electrons. The Labute approximate surface area is 150 Å². The molecule has 0 aliphatic heterocycles. The number of carbonyl (C=O) groups excluding carboxylic acids is 1. The van der Waals surface area contributed by atoms with Gasteiger partial charge in [-0.25, -0.2) is 13.5 Å². The van der Waals surface area contributed by atoms with Gasteiger partial charge < -0.3 is 11.1 Å². The molecule has 1 aromatic heterocycles. The predicted octanol–water partition coefficient (Wildman–Crippen LogP) is 2.64. The zero-order chi connectivity index (χ0) is 18.3. The molecule has 3 N–H and O–H groups in total. The van der Waals surface area contributed by atoms with Gasteiger partial charge in [-0.2, -0.15) is 5.10 Å². The summed E-state index contributed by atoms with van der Waals surface area (Å²) in [5, 5.41) is 7.46. The first kappa shape index (κ1) is 17.1. The Morgan fingerprint density at radius 3 is 2.73 bits per heavy atom. The van der Waals surface area contributed by atoms with Crippen molar-refractivity contribution < 1.29 is 13.6 Å². The molecule has 1 fully saturated rings. The molecular formula is C19H22F2N4O. The van der Waals surface area contributed by atoms with Crippen LogP contribution in [0.5, 0.6) is 0 Å². The van der Waals surface area contributed by atoms with Gasteiger partial charge in [0.1, 0.15) is 0 Å². The van der Waals surface area contributed by atoms with Crippen LogP contribution < -0.4 is 11.1 Å². The average Bonchev–Trinajstić information content (AvgIpc) is 3.22. The zero-order valence-electron chi connectivity index (χ0n) is 14.5. The molecular weight excluding hydrogens is 338 g/mol. The molecule has 138 valence electrons. The summed E-state index contributed by atoms with van der Waals surface area (Å²) in [5.74, 6) is -2.06. The fourth-order valence-corrected chi connectivity index (χ4v) is 4.03. The van der Waals surface area contributed by atoms with E-state index in [1.54, 1.807) is 4.68 Å². The molecule has 2 aliphatic carbocycles. The molecule has 2 atom stereocenters. The van der Waals surface area contributed by atoms with Crippen LogP contribution in [0.4, 0.5) is 8.78 Å². The Bertz CT molecular complexity index is 848. The predicted molar refractivity (Wildman–Crippen MR) is 93.2 cm³/mol. The normalized spacial score (nSPS) is 22.3. The van der Waals surface area contributed by atoms with Gasteiger partial charge in [-0.15, -0.1) is 0 Å². The summed E-state index contributed by atoms with van der Waals surface area (Å²) in [6.07, 6.45) is 6.37. The van der Waals surface area contributed by atoms with Crippen molar-refractivity contribution in [1.82, 2.24) is 15.1 Å². The standard InChI is InChI=1S/C19H22F2N4O/c20-13-9-8-11(10-14(13)21)25-17-7-3-4-12(17)18(24-25)19(26)23-16-6-2-1-5-15(16)22/h8-10,15-16H,1-7,22H2,(H,23,26)/t15-,16-/m1/s1. The summed E-state index contributed by atoms with van der Waals surface area (Å²) >= 11 is 0. The number of rotatable bonds is 3. The minimum absolute atomic E-state index is 0.0333. The molecule has 5 nitrogen and oxygen atoms in total. The van der Waals surface area contributed by atoms with Crippen molar-refractivity contribution in [2.24, 2.45) is 5.73 Å². The molecule has 0 unspecified atom stereocenters. The van der Waals surface area contributed by atoms with Gasteiger partial charge in [0.15, 0.2) is 17.3 Å². The quantitative estimate of drug-likeness (QED) is 0.884. The lowest BCUT2D eigenvalue weighted by Crippen LogP contribution is -2.49. The molecule has 2 aromatic rings. The lowest BCUT2D eigenvalue weighted by Gasteiger charge is -2.29. The van der Waals surface area contributed by atoms with Crippen LogP contribution >= 0.6 is 0 Å². The summed E-state index contributed by atoms with van der Waals surface area (Å²) in [6, 6.07) is 3.59. The van der Waals surface area contributed by atoms with Gasteiger partial charge >= 0.3 is 0 Å². The smallest absolute Gasteiger partial charge is 0.272 e. The van der Waals surface area contributed by atoms with Crippen molar-refractivity contribution in [1.29, 1.82) is 0 Å². The van der Waals surface area contributed by atoms with E-state index in [2.05, 4.69) is 10.4 Å². The van der Waals surface area contributed by atoms with E-state index in [-0.39, 0.29) is 18.0 Å². The van der Waals surface area contributed by atoms with E-state index in [1.807, 2.05) is 0 Å². The highest BCUT2D eigenvalue weighted by atomic mass is 19.2. The van der Waals surface area contributed by atoms with Crippen LogP contribution in [-0.2, 0) is 12.8 Å². The van der Waals surface area contributed by atoms with Crippen LogP contribution in [0.2, 0.25) is 0 Å². The fraction of sp³-hybridized carbons (Fsp3) is 0.474. The molecule has 2 aliphatic rings. The van der Waals surface area contributed by atoms with Crippen molar-refractivity contribution in [3.8, 4) is 5.69 Å². The van der Waals surface area contributed by atoms with Gasteiger partial charge in [-0.1, -0.05) is 12.8 Å². The van der Waals surface area contributed by atoms with Crippen LogP contribution in [0.3, 0.4) is 0 Å². The van der Waals surface area contributed by atoms with Crippen LogP contribution in [0.25, 0.3) is 5.69 Å². The summed E-state index contributed by atoms with van der Waals surface area (Å²) in [5.41, 5.74) is 8.73. The number of amides is 1. The third-order valence-electron chi connectivity index (χ3n) is 5.43. The minimum atomic E-state index is -0.927. The second kappa shape index (κ2) is 6.79. The Morgan fingerprint density at radius 2 is 1.96 bits per heavy atom. The van der Waals surface area contributed by atoms with Gasteiger partial charge in [0.2, 0.25) is 0 Å². The summed E-state index contributed by atoms with van der Waals surface area (Å²) < 4.78 is 28.4. The van der Waals surface area contributed by atoms with Gasteiger partial charge in [0, 0.05) is 29.4 Å². The number of carbonyl (C=O) groups is 1. The van der Waals surface area contributed by atoms with Crippen LogP contribution in [0.15, 0.2) is 18.2 Å². The highest BCUT2D eigenvalue weighted by Crippen LogP contribution is 2.28. The number of nitrogens with zero attached hydrogens (tertiary/aromatic N) is 2. The first-order valence-electron chi connectivity index (χ1n) is 9.17. The number of hydrogen-bond acceptors (Lipinski definition) is 3. The van der Waals surface area contributed by atoms with E-state index in [1.165, 1.54) is 6.07 Å². The largest absolute Gasteiger partial charge is 0.346 e. The van der Waals surface area contributed by atoms with E-state index in [4.69, 9.17) is 5.73 Å². The molecule has 0 bridgehead atoms. The molecule has 0 saturated heterocycles. The minimum Gasteiger partial charge on any atom is -0.346 e. The van der Waals surface area contributed by atoms with Crippen molar-refractivity contribution in [3.63, 3.8) is 0 Å². The number of fused-ring (bicyclic) bond motifs is 1. The monoisotopic (exact) mass is 360 g/mol. The van der Waals surface area contributed by atoms with Crippen LogP contribution in [0, 0.1) is 11.6 Å². The second-order valence-corrected chi connectivity index (χ2v) is 7.17. The molecule has 1 saturated carbocycles. The van der Waals surface area contributed by atoms with Gasteiger partial charge in [-0.05, 0) is 44.2 Å². The molecule has 7 heteroatoms. The van der Waals surface area contributed by atoms with Gasteiger partial charge in [0.25, 0.3) is 5.91 Å². The lowest BCUT2D eigenvalue weighted by molar-refractivity contribution is 0.0915. The molecule has 0 spiro atoms. The summed E-state index contributed by atoms with van der Waals surface area (Å²) in [7, 11) is 0. The maximum atomic E-state index is 13.6. The van der Waals surface area contributed by atoms with Crippen LogP contribution in [-0.4, -0.2) is 27.8 Å². The lowest BCUT2D eigenvalue weighted by atomic mass is 9.91. The molecule has 26 heavy (non-hydrogen) atoms.